The minimum atomic E-state index is -0.342. The Bertz CT molecular complexity index is 1370. The largest absolute Gasteiger partial charge is 0.493 e. The summed E-state index contributed by atoms with van der Waals surface area (Å²) >= 11 is 0. The molecule has 1 unspecified atom stereocenters. The number of piperazine rings is 1. The molecule has 1 fully saturated rings. The third-order valence-electron chi connectivity index (χ3n) is 6.96. The molecule has 8 nitrogen and oxygen atoms in total. The predicted octanol–water partition coefficient (Wildman–Crippen LogP) is 4.30. The molecule has 3 aromatic rings. The van der Waals surface area contributed by atoms with Gasteiger partial charge in [0.25, 0.3) is 11.4 Å². The predicted molar refractivity (Wildman–Crippen MR) is 134 cm³/mol. The van der Waals surface area contributed by atoms with Gasteiger partial charge < -0.3 is 23.8 Å². The highest BCUT2D eigenvalue weighted by molar-refractivity contribution is 5.89. The molecule has 0 saturated carbocycles. The van der Waals surface area contributed by atoms with Crippen molar-refractivity contribution in [3.63, 3.8) is 0 Å². The van der Waals surface area contributed by atoms with Crippen molar-refractivity contribution >= 4 is 22.5 Å². The molecule has 4 rings (SSSR count). The lowest BCUT2D eigenvalue weighted by Gasteiger charge is -2.47. The maximum absolute atomic E-state index is 15.0. The zero-order chi connectivity index (χ0) is 25.4. The molecule has 0 spiro atoms. The Hall–Kier alpha value is -3.64. The van der Waals surface area contributed by atoms with E-state index in [1.807, 2.05) is 6.92 Å². The molecule has 1 aromatic carbocycles. The van der Waals surface area contributed by atoms with Crippen LogP contribution in [0.3, 0.4) is 0 Å². The van der Waals surface area contributed by atoms with Crippen molar-refractivity contribution in [3.8, 4) is 11.5 Å². The van der Waals surface area contributed by atoms with Gasteiger partial charge in [-0.15, -0.1) is 4.98 Å². The highest BCUT2D eigenvalue weighted by Gasteiger charge is 2.35. The van der Waals surface area contributed by atoms with Crippen LogP contribution in [0.5, 0.6) is 11.5 Å². The molecule has 0 amide bonds. The van der Waals surface area contributed by atoms with Crippen LogP contribution in [0.4, 0.5) is 15.9 Å². The Morgan fingerprint density at radius 3 is 2.46 bits per heavy atom. The maximum atomic E-state index is 15.0. The Morgan fingerprint density at radius 2 is 1.80 bits per heavy atom. The zero-order valence-corrected chi connectivity index (χ0v) is 20.9. The van der Waals surface area contributed by atoms with Crippen molar-refractivity contribution < 1.29 is 13.9 Å². The van der Waals surface area contributed by atoms with E-state index in [-0.39, 0.29) is 35.3 Å². The van der Waals surface area contributed by atoms with Crippen LogP contribution < -0.4 is 19.9 Å². The van der Waals surface area contributed by atoms with Gasteiger partial charge >= 0.3 is 0 Å². The quantitative estimate of drug-likeness (QED) is 0.509. The molecule has 0 N–H and O–H groups in total. The number of hydrogen-bond acceptors (Lipinski definition) is 6. The molecule has 184 valence electrons. The van der Waals surface area contributed by atoms with Crippen LogP contribution in [-0.2, 0) is 7.05 Å². The third kappa shape index (κ3) is 4.30. The molecule has 1 aliphatic heterocycles. The van der Waals surface area contributed by atoms with Crippen molar-refractivity contribution in [1.29, 1.82) is 0 Å². The summed E-state index contributed by atoms with van der Waals surface area (Å²) < 4.78 is 27.2. The summed E-state index contributed by atoms with van der Waals surface area (Å²) in [5.41, 5.74) is 2.44. The second kappa shape index (κ2) is 9.55. The first-order valence-electron chi connectivity index (χ1n) is 11.5. The fourth-order valence-electron chi connectivity index (χ4n) is 4.98. The second-order valence-corrected chi connectivity index (χ2v) is 9.03. The number of aryl methyl sites for hydroxylation is 1. The lowest BCUT2D eigenvalue weighted by Crippen LogP contribution is -2.57. The summed E-state index contributed by atoms with van der Waals surface area (Å²) in [5.74, 6) is 0.791. The number of halogens is 1. The van der Waals surface area contributed by atoms with E-state index in [2.05, 4.69) is 33.5 Å². The number of benzene rings is 1. The summed E-state index contributed by atoms with van der Waals surface area (Å²) in [6.07, 6.45) is 0. The second-order valence-electron chi connectivity index (χ2n) is 9.03. The molecule has 3 atom stereocenters. The van der Waals surface area contributed by atoms with Gasteiger partial charge in [-0.05, 0) is 39.0 Å². The summed E-state index contributed by atoms with van der Waals surface area (Å²) in [6, 6.07) is 7.92. The van der Waals surface area contributed by atoms with E-state index in [1.165, 1.54) is 20.3 Å². The molecule has 0 aliphatic carbocycles. The summed E-state index contributed by atoms with van der Waals surface area (Å²) in [7, 11) is 4.73. The Morgan fingerprint density at radius 1 is 1.11 bits per heavy atom. The zero-order valence-electron chi connectivity index (χ0n) is 20.9. The highest BCUT2D eigenvalue weighted by atomic mass is 19.1. The summed E-state index contributed by atoms with van der Waals surface area (Å²) in [6.45, 7) is 14.8. The number of fused-ring (bicyclic) bond motifs is 1. The van der Waals surface area contributed by atoms with E-state index in [4.69, 9.17) is 16.0 Å². The minimum absolute atomic E-state index is 0.0190. The van der Waals surface area contributed by atoms with Gasteiger partial charge in [0.2, 0.25) is 5.52 Å². The van der Waals surface area contributed by atoms with E-state index in [1.54, 1.807) is 35.9 Å². The highest BCUT2D eigenvalue weighted by Crippen LogP contribution is 2.37. The standard InChI is InChI=1S/C26H30FN5O3/c1-15-14-32(21-12-25(33)30(5)20-8-9-24(28-4)29-26(20)21)16(2)13-31(15)17(3)18-10-22(34-6)23(35-7)11-19(18)27/h8-12,15-17H,13-14H2,1-3,5-7H3/t15-,16+,17?/m1/s1. The first kappa shape index (κ1) is 24.5. The van der Waals surface area contributed by atoms with Crippen LogP contribution in [0.2, 0.25) is 0 Å². The SMILES string of the molecule is [C-]#[N+]c1ccc2c(n1)c(N1C[C@@H](C)N(C(C)c3cc(OC)c(OC)cc3F)C[C@@H]1C)cc(=O)n2C. The molecule has 35 heavy (non-hydrogen) atoms. The van der Waals surface area contributed by atoms with Gasteiger partial charge in [0.05, 0.1) is 25.4 Å². The first-order chi connectivity index (χ1) is 16.7. The molecule has 2 aromatic heterocycles. The van der Waals surface area contributed by atoms with Crippen LogP contribution in [0.1, 0.15) is 32.4 Å². The molecular formula is C26H30FN5O3. The Balaban J connectivity index is 1.69. The van der Waals surface area contributed by atoms with E-state index in [0.29, 0.717) is 41.2 Å². The van der Waals surface area contributed by atoms with Crippen molar-refractivity contribution in [1.82, 2.24) is 14.5 Å². The molecule has 3 heterocycles. The third-order valence-corrected chi connectivity index (χ3v) is 6.96. The molecular weight excluding hydrogens is 449 g/mol. The average molecular weight is 480 g/mol. The van der Waals surface area contributed by atoms with Gasteiger partial charge in [0, 0.05) is 56.0 Å². The van der Waals surface area contributed by atoms with Gasteiger partial charge in [-0.3, -0.25) is 9.69 Å². The van der Waals surface area contributed by atoms with Crippen molar-refractivity contribution in [2.24, 2.45) is 7.05 Å². The lowest BCUT2D eigenvalue weighted by molar-refractivity contribution is 0.117. The number of anilines is 1. The van der Waals surface area contributed by atoms with Gasteiger partial charge in [0.1, 0.15) is 5.82 Å². The van der Waals surface area contributed by atoms with Gasteiger partial charge in [-0.2, -0.15) is 0 Å². The Labute approximate surface area is 204 Å². The summed E-state index contributed by atoms with van der Waals surface area (Å²) in [5, 5.41) is 0. The molecule has 0 bridgehead atoms. The maximum Gasteiger partial charge on any atom is 0.270 e. The molecule has 0 radical (unpaired) electrons. The fourth-order valence-corrected chi connectivity index (χ4v) is 4.98. The summed E-state index contributed by atoms with van der Waals surface area (Å²) in [4.78, 5) is 25.1. The fraction of sp³-hybridized carbons (Fsp3) is 0.423. The van der Waals surface area contributed by atoms with Crippen molar-refractivity contribution in [2.75, 3.05) is 32.2 Å². The molecule has 1 saturated heterocycles. The lowest BCUT2D eigenvalue weighted by atomic mass is 9.99. The topological polar surface area (TPSA) is 64.2 Å². The van der Waals surface area contributed by atoms with Crippen molar-refractivity contribution in [3.05, 3.63) is 63.5 Å². The molecule has 1 aliphatic rings. The first-order valence-corrected chi connectivity index (χ1v) is 11.5. The normalized spacial score (nSPS) is 19.4. The van der Waals surface area contributed by atoms with E-state index in [0.717, 1.165) is 5.69 Å². The minimum Gasteiger partial charge on any atom is -0.493 e. The van der Waals surface area contributed by atoms with Crippen LogP contribution in [0.15, 0.2) is 35.1 Å². The number of rotatable bonds is 5. The van der Waals surface area contributed by atoms with Crippen LogP contribution in [0.25, 0.3) is 15.9 Å². The van der Waals surface area contributed by atoms with E-state index < -0.39 is 0 Å². The number of ether oxygens (including phenoxy) is 2. The number of nitrogens with zero attached hydrogens (tertiary/aromatic N) is 5. The monoisotopic (exact) mass is 479 g/mol. The number of methoxy groups -OCH3 is 2. The van der Waals surface area contributed by atoms with Crippen molar-refractivity contribution in [2.45, 2.75) is 38.9 Å². The van der Waals surface area contributed by atoms with Gasteiger partial charge in [-0.25, -0.2) is 4.39 Å². The van der Waals surface area contributed by atoms with E-state index in [9.17, 15) is 4.79 Å². The number of aromatic nitrogens is 2. The smallest absolute Gasteiger partial charge is 0.270 e. The van der Waals surface area contributed by atoms with E-state index >= 15 is 4.39 Å². The average Bonchev–Trinajstić information content (AvgIpc) is 2.86. The van der Waals surface area contributed by atoms with Crippen LogP contribution >= 0.6 is 0 Å². The van der Waals surface area contributed by atoms with Gasteiger partial charge in [0.15, 0.2) is 11.5 Å². The number of pyridine rings is 2. The number of hydrogen-bond donors (Lipinski definition) is 0. The van der Waals surface area contributed by atoms with Gasteiger partial charge in [-0.1, -0.05) is 6.57 Å². The van der Waals surface area contributed by atoms with Crippen LogP contribution in [0, 0.1) is 12.4 Å². The molecule has 9 heteroatoms. The Kier molecular flexibility index (Phi) is 6.68. The van der Waals surface area contributed by atoms with Crippen LogP contribution in [-0.4, -0.2) is 53.8 Å².